The Morgan fingerprint density at radius 1 is 1.15 bits per heavy atom. The van der Waals surface area contributed by atoms with Gasteiger partial charge in [-0.25, -0.2) is 0 Å². The van der Waals surface area contributed by atoms with Crippen LogP contribution in [-0.4, -0.2) is 12.0 Å². The summed E-state index contributed by atoms with van der Waals surface area (Å²) < 4.78 is 5.28. The van der Waals surface area contributed by atoms with Crippen molar-refractivity contribution < 1.29 is 9.53 Å². The van der Waals surface area contributed by atoms with Crippen molar-refractivity contribution in [2.75, 3.05) is 0 Å². The lowest BCUT2D eigenvalue weighted by Crippen LogP contribution is -2.26. The van der Waals surface area contributed by atoms with E-state index < -0.39 is 0 Å². The summed E-state index contributed by atoms with van der Waals surface area (Å²) in [7, 11) is 0. The highest BCUT2D eigenvalue weighted by atomic mass is 35.5. The highest BCUT2D eigenvalue weighted by Crippen LogP contribution is 2.26. The average molecular weight is 298 g/mol. The molecular weight excluding hydrogens is 274 g/mol. The van der Waals surface area contributed by atoms with Gasteiger partial charge in [0.1, 0.15) is 6.61 Å². The van der Waals surface area contributed by atoms with Crippen LogP contribution in [0, 0.1) is 5.92 Å². The molecule has 0 spiro atoms. The molecular formula is C16H24ClNO2. The summed E-state index contributed by atoms with van der Waals surface area (Å²) in [6, 6.07) is 10.2. The van der Waals surface area contributed by atoms with Crippen LogP contribution in [0.4, 0.5) is 0 Å². The van der Waals surface area contributed by atoms with Crippen molar-refractivity contribution in [3.8, 4) is 0 Å². The first kappa shape index (κ1) is 17.0. The molecule has 0 bridgehead atoms. The standard InChI is InChI=1S/C16H23NO2.ClH/c17-15-9-6-13(7-10-15)8-11-16(18)19-12-14-4-2-1-3-5-14;/h1-5,13,15H,6-12,17H2;1H. The van der Waals surface area contributed by atoms with Crippen molar-refractivity contribution >= 4 is 18.4 Å². The maximum absolute atomic E-state index is 11.7. The molecule has 0 saturated heterocycles. The third kappa shape index (κ3) is 5.93. The van der Waals surface area contributed by atoms with Gasteiger partial charge in [-0.15, -0.1) is 12.4 Å². The van der Waals surface area contributed by atoms with Gasteiger partial charge >= 0.3 is 5.97 Å². The predicted octanol–water partition coefficient (Wildman–Crippen LogP) is 3.45. The van der Waals surface area contributed by atoms with E-state index in [1.54, 1.807) is 0 Å². The van der Waals surface area contributed by atoms with Crippen molar-refractivity contribution in [2.24, 2.45) is 11.7 Å². The van der Waals surface area contributed by atoms with Gasteiger partial charge in [-0.3, -0.25) is 4.79 Å². The molecule has 2 N–H and O–H groups in total. The Kier molecular flexibility index (Phi) is 7.63. The van der Waals surface area contributed by atoms with Crippen LogP contribution in [0.3, 0.4) is 0 Å². The summed E-state index contributed by atoms with van der Waals surface area (Å²) in [6.45, 7) is 0.384. The van der Waals surface area contributed by atoms with Gasteiger partial charge in [0, 0.05) is 12.5 Å². The predicted molar refractivity (Wildman–Crippen MR) is 82.7 cm³/mol. The van der Waals surface area contributed by atoms with E-state index in [-0.39, 0.29) is 18.4 Å². The zero-order chi connectivity index (χ0) is 13.5. The van der Waals surface area contributed by atoms with Crippen LogP contribution in [0.5, 0.6) is 0 Å². The number of hydrogen-bond acceptors (Lipinski definition) is 3. The lowest BCUT2D eigenvalue weighted by Gasteiger charge is -2.25. The van der Waals surface area contributed by atoms with Crippen molar-refractivity contribution in [1.29, 1.82) is 0 Å². The molecule has 1 aromatic carbocycles. The Bertz CT molecular complexity index is 389. The normalized spacial score (nSPS) is 21.9. The smallest absolute Gasteiger partial charge is 0.306 e. The molecule has 1 aliphatic carbocycles. The average Bonchev–Trinajstić information content (AvgIpc) is 2.45. The van der Waals surface area contributed by atoms with Gasteiger partial charge in [0.2, 0.25) is 0 Å². The van der Waals surface area contributed by atoms with Crippen LogP contribution < -0.4 is 5.73 Å². The highest BCUT2D eigenvalue weighted by Gasteiger charge is 2.19. The van der Waals surface area contributed by atoms with Crippen molar-refractivity contribution in [3.05, 3.63) is 35.9 Å². The first-order chi connectivity index (χ1) is 9.24. The second-order valence-corrected chi connectivity index (χ2v) is 5.47. The van der Waals surface area contributed by atoms with Crippen LogP contribution in [0.15, 0.2) is 30.3 Å². The molecule has 0 amide bonds. The quantitative estimate of drug-likeness (QED) is 0.847. The number of ether oxygens (including phenoxy) is 1. The summed E-state index contributed by atoms with van der Waals surface area (Å²) >= 11 is 0. The van der Waals surface area contributed by atoms with E-state index in [2.05, 4.69) is 0 Å². The van der Waals surface area contributed by atoms with Crippen LogP contribution in [0.1, 0.15) is 44.1 Å². The second-order valence-electron chi connectivity index (χ2n) is 5.47. The molecule has 4 heteroatoms. The van der Waals surface area contributed by atoms with E-state index in [0.717, 1.165) is 37.7 Å². The largest absolute Gasteiger partial charge is 0.461 e. The second kappa shape index (κ2) is 8.98. The Labute approximate surface area is 127 Å². The molecule has 0 aliphatic heterocycles. The number of hydrogen-bond donors (Lipinski definition) is 1. The SMILES string of the molecule is Cl.NC1CCC(CCC(=O)OCc2ccccc2)CC1. The maximum Gasteiger partial charge on any atom is 0.306 e. The van der Waals surface area contributed by atoms with Crippen molar-refractivity contribution in [2.45, 2.75) is 51.2 Å². The summed E-state index contributed by atoms with van der Waals surface area (Å²) in [5.41, 5.74) is 6.91. The molecule has 1 aliphatic rings. The molecule has 112 valence electrons. The molecule has 1 aromatic rings. The first-order valence-electron chi connectivity index (χ1n) is 7.19. The molecule has 3 nitrogen and oxygen atoms in total. The molecule has 0 radical (unpaired) electrons. The number of halogens is 1. The minimum Gasteiger partial charge on any atom is -0.461 e. The molecule has 2 rings (SSSR count). The van der Waals surface area contributed by atoms with Crippen molar-refractivity contribution in [1.82, 2.24) is 0 Å². The third-order valence-electron chi connectivity index (χ3n) is 3.89. The van der Waals surface area contributed by atoms with Gasteiger partial charge in [-0.1, -0.05) is 30.3 Å². The van der Waals surface area contributed by atoms with Gasteiger partial charge in [0.15, 0.2) is 0 Å². The summed E-state index contributed by atoms with van der Waals surface area (Å²) in [4.78, 5) is 11.7. The van der Waals surface area contributed by atoms with Gasteiger partial charge in [-0.05, 0) is 43.6 Å². The van der Waals surface area contributed by atoms with E-state index in [1.807, 2.05) is 30.3 Å². The number of benzene rings is 1. The van der Waals surface area contributed by atoms with Gasteiger partial charge in [0.05, 0.1) is 0 Å². The molecule has 0 unspecified atom stereocenters. The van der Waals surface area contributed by atoms with Crippen molar-refractivity contribution in [3.63, 3.8) is 0 Å². The lowest BCUT2D eigenvalue weighted by molar-refractivity contribution is -0.145. The van der Waals surface area contributed by atoms with Crippen LogP contribution in [-0.2, 0) is 16.1 Å². The fraction of sp³-hybridized carbons (Fsp3) is 0.562. The highest BCUT2D eigenvalue weighted by molar-refractivity contribution is 5.85. The van der Waals surface area contributed by atoms with E-state index in [1.165, 1.54) is 0 Å². The van der Waals surface area contributed by atoms with Crippen LogP contribution >= 0.6 is 12.4 Å². The van der Waals surface area contributed by atoms with Gasteiger partial charge < -0.3 is 10.5 Å². The monoisotopic (exact) mass is 297 g/mol. The van der Waals surface area contributed by atoms with E-state index in [4.69, 9.17) is 10.5 Å². The fourth-order valence-electron chi connectivity index (χ4n) is 2.61. The van der Waals surface area contributed by atoms with E-state index in [0.29, 0.717) is 25.0 Å². The van der Waals surface area contributed by atoms with E-state index in [9.17, 15) is 4.79 Å². The topological polar surface area (TPSA) is 52.3 Å². The molecule has 1 saturated carbocycles. The molecule has 0 atom stereocenters. The van der Waals surface area contributed by atoms with E-state index >= 15 is 0 Å². The maximum atomic E-state index is 11.7. The molecule has 20 heavy (non-hydrogen) atoms. The fourth-order valence-corrected chi connectivity index (χ4v) is 2.61. The minimum atomic E-state index is -0.0845. The zero-order valence-electron chi connectivity index (χ0n) is 11.8. The Morgan fingerprint density at radius 2 is 1.80 bits per heavy atom. The Hall–Kier alpha value is -1.06. The number of esters is 1. The zero-order valence-corrected chi connectivity index (χ0v) is 12.6. The van der Waals surface area contributed by atoms with Crippen LogP contribution in [0.2, 0.25) is 0 Å². The summed E-state index contributed by atoms with van der Waals surface area (Å²) in [6.07, 6.45) is 6.00. The molecule has 0 heterocycles. The minimum absolute atomic E-state index is 0. The Morgan fingerprint density at radius 3 is 2.45 bits per heavy atom. The first-order valence-corrected chi connectivity index (χ1v) is 7.19. The Balaban J connectivity index is 0.00000200. The van der Waals surface area contributed by atoms with Crippen LogP contribution in [0.25, 0.3) is 0 Å². The molecule has 1 fully saturated rings. The van der Waals surface area contributed by atoms with Gasteiger partial charge in [0.25, 0.3) is 0 Å². The number of carbonyl (C=O) groups excluding carboxylic acids is 1. The van der Waals surface area contributed by atoms with Gasteiger partial charge in [-0.2, -0.15) is 0 Å². The number of rotatable bonds is 5. The number of carbonyl (C=O) groups is 1. The molecule has 0 aromatic heterocycles. The lowest BCUT2D eigenvalue weighted by atomic mass is 9.84. The summed E-state index contributed by atoms with van der Waals surface area (Å²) in [5.74, 6) is 0.572. The number of nitrogens with two attached hydrogens (primary N) is 1. The summed E-state index contributed by atoms with van der Waals surface area (Å²) in [5, 5.41) is 0. The third-order valence-corrected chi connectivity index (χ3v) is 3.89.